The number of anilines is 1. The maximum absolute atomic E-state index is 13.3. The number of para-hydroxylation sites is 2. The van der Waals surface area contributed by atoms with Gasteiger partial charge in [0.2, 0.25) is 5.91 Å². The number of nitrogens with zero attached hydrogens (tertiary/aromatic N) is 2. The Hall–Kier alpha value is -3.22. The molecule has 1 aromatic heterocycles. The molecule has 0 aliphatic rings. The Balaban J connectivity index is 1.42. The van der Waals surface area contributed by atoms with Crippen LogP contribution in [0.4, 0.5) is 10.1 Å². The summed E-state index contributed by atoms with van der Waals surface area (Å²) in [6.07, 6.45) is -0.656. The standard InChI is InChI=1S/C24H24FN3O2/c1-27(16-24(30)26-18-8-6-7-17(25)13-18)14-19(29)15-28-22-11-4-2-9-20(22)21-10-3-5-12-23(21)28/h2-13,19,29H,14-16H2,1H3,(H,26,30)/t19-/m0/s1. The van der Waals surface area contributed by atoms with Gasteiger partial charge in [-0.05, 0) is 37.4 Å². The van der Waals surface area contributed by atoms with Crippen LogP contribution in [0.25, 0.3) is 21.8 Å². The van der Waals surface area contributed by atoms with Crippen LogP contribution in [-0.2, 0) is 11.3 Å². The number of likely N-dealkylation sites (N-methyl/N-ethyl adjacent to an activating group) is 1. The monoisotopic (exact) mass is 405 g/mol. The van der Waals surface area contributed by atoms with Crippen molar-refractivity contribution in [1.82, 2.24) is 9.47 Å². The van der Waals surface area contributed by atoms with Crippen molar-refractivity contribution in [3.05, 3.63) is 78.6 Å². The summed E-state index contributed by atoms with van der Waals surface area (Å²) >= 11 is 0. The Morgan fingerprint density at radius 1 is 1.03 bits per heavy atom. The fraction of sp³-hybridized carbons (Fsp3) is 0.208. The molecule has 1 amide bonds. The summed E-state index contributed by atoms with van der Waals surface area (Å²) in [4.78, 5) is 14.0. The molecule has 3 aromatic carbocycles. The number of nitrogens with one attached hydrogen (secondary N) is 1. The van der Waals surface area contributed by atoms with Gasteiger partial charge < -0.3 is 15.0 Å². The SMILES string of the molecule is CN(CC(=O)Nc1cccc(F)c1)C[C@H](O)Cn1c2ccccc2c2ccccc21. The lowest BCUT2D eigenvalue weighted by atomic mass is 10.2. The van der Waals surface area contributed by atoms with Crippen molar-refractivity contribution < 1.29 is 14.3 Å². The van der Waals surface area contributed by atoms with Gasteiger partial charge >= 0.3 is 0 Å². The molecule has 1 atom stereocenters. The Bertz CT molecular complexity index is 1130. The summed E-state index contributed by atoms with van der Waals surface area (Å²) in [5.41, 5.74) is 2.56. The molecule has 2 N–H and O–H groups in total. The molecule has 5 nitrogen and oxygen atoms in total. The molecule has 30 heavy (non-hydrogen) atoms. The molecule has 6 heteroatoms. The van der Waals surface area contributed by atoms with Crippen LogP contribution >= 0.6 is 0 Å². The zero-order valence-corrected chi connectivity index (χ0v) is 16.8. The van der Waals surface area contributed by atoms with Gasteiger partial charge in [0.1, 0.15) is 5.82 Å². The normalized spacial score (nSPS) is 12.5. The van der Waals surface area contributed by atoms with Crippen LogP contribution in [0.2, 0.25) is 0 Å². The average Bonchev–Trinajstić information content (AvgIpc) is 3.02. The number of rotatable bonds is 7. The highest BCUT2D eigenvalue weighted by atomic mass is 19.1. The van der Waals surface area contributed by atoms with Crippen LogP contribution < -0.4 is 5.32 Å². The zero-order chi connectivity index (χ0) is 21.1. The highest BCUT2D eigenvalue weighted by molar-refractivity contribution is 6.07. The van der Waals surface area contributed by atoms with E-state index in [1.807, 2.05) is 24.3 Å². The van der Waals surface area contributed by atoms with Gasteiger partial charge in [0, 0.05) is 34.0 Å². The minimum Gasteiger partial charge on any atom is -0.390 e. The fourth-order valence-corrected chi connectivity index (χ4v) is 3.90. The summed E-state index contributed by atoms with van der Waals surface area (Å²) in [5, 5.41) is 15.7. The number of benzene rings is 3. The van der Waals surface area contributed by atoms with Crippen LogP contribution in [-0.4, -0.2) is 46.7 Å². The van der Waals surface area contributed by atoms with Gasteiger partial charge in [-0.15, -0.1) is 0 Å². The van der Waals surface area contributed by atoms with Crippen LogP contribution in [0.5, 0.6) is 0 Å². The van der Waals surface area contributed by atoms with E-state index < -0.39 is 11.9 Å². The maximum atomic E-state index is 13.3. The van der Waals surface area contributed by atoms with Crippen LogP contribution in [0.1, 0.15) is 0 Å². The second kappa shape index (κ2) is 8.65. The predicted octanol–water partition coefficient (Wildman–Crippen LogP) is 3.87. The quantitative estimate of drug-likeness (QED) is 0.491. The number of hydrogen-bond donors (Lipinski definition) is 2. The molecular formula is C24H24FN3O2. The summed E-state index contributed by atoms with van der Waals surface area (Å²) < 4.78 is 15.4. The van der Waals surface area contributed by atoms with Gasteiger partial charge in [-0.1, -0.05) is 42.5 Å². The largest absolute Gasteiger partial charge is 0.390 e. The van der Waals surface area contributed by atoms with Gasteiger partial charge in [0.05, 0.1) is 19.2 Å². The van der Waals surface area contributed by atoms with Gasteiger partial charge in [0.15, 0.2) is 0 Å². The zero-order valence-electron chi connectivity index (χ0n) is 16.8. The first-order valence-electron chi connectivity index (χ1n) is 9.89. The topological polar surface area (TPSA) is 57.5 Å². The fourth-order valence-electron chi connectivity index (χ4n) is 3.90. The van der Waals surface area contributed by atoms with Crippen molar-refractivity contribution >= 4 is 33.4 Å². The number of fused-ring (bicyclic) bond motifs is 3. The number of hydrogen-bond acceptors (Lipinski definition) is 3. The molecule has 4 aromatic rings. The molecule has 0 bridgehead atoms. The van der Waals surface area contributed by atoms with Gasteiger partial charge in [-0.2, -0.15) is 0 Å². The molecule has 0 spiro atoms. The summed E-state index contributed by atoms with van der Waals surface area (Å²) in [7, 11) is 1.78. The molecule has 0 aliphatic heterocycles. The number of carbonyl (C=O) groups excluding carboxylic acids is 1. The van der Waals surface area contributed by atoms with E-state index in [1.54, 1.807) is 24.1 Å². The average molecular weight is 405 g/mol. The van der Waals surface area contributed by atoms with Crippen molar-refractivity contribution in [3.63, 3.8) is 0 Å². The second-order valence-corrected chi connectivity index (χ2v) is 7.55. The summed E-state index contributed by atoms with van der Waals surface area (Å²) in [6.45, 7) is 0.849. The van der Waals surface area contributed by atoms with E-state index in [0.717, 1.165) is 21.8 Å². The lowest BCUT2D eigenvalue weighted by Gasteiger charge is -2.21. The Morgan fingerprint density at radius 3 is 2.30 bits per heavy atom. The van der Waals surface area contributed by atoms with E-state index in [0.29, 0.717) is 18.8 Å². The Kier molecular flexibility index (Phi) is 5.79. The van der Waals surface area contributed by atoms with Crippen LogP contribution in [0.3, 0.4) is 0 Å². The molecule has 4 rings (SSSR count). The first-order chi connectivity index (χ1) is 14.5. The number of aliphatic hydroxyl groups excluding tert-OH is 1. The first-order valence-corrected chi connectivity index (χ1v) is 9.89. The maximum Gasteiger partial charge on any atom is 0.238 e. The third kappa shape index (κ3) is 4.35. The molecule has 0 fully saturated rings. The summed E-state index contributed by atoms with van der Waals surface area (Å²) in [6, 6.07) is 22.1. The van der Waals surface area contributed by atoms with Crippen molar-refractivity contribution in [1.29, 1.82) is 0 Å². The Morgan fingerprint density at radius 2 is 1.67 bits per heavy atom. The number of aromatic nitrogens is 1. The first kappa shape index (κ1) is 20.1. The molecule has 0 radical (unpaired) electrons. The van der Waals surface area contributed by atoms with Crippen LogP contribution in [0.15, 0.2) is 72.8 Å². The van der Waals surface area contributed by atoms with E-state index >= 15 is 0 Å². The van der Waals surface area contributed by atoms with E-state index in [9.17, 15) is 14.3 Å². The van der Waals surface area contributed by atoms with Crippen molar-refractivity contribution in [3.8, 4) is 0 Å². The molecule has 0 unspecified atom stereocenters. The van der Waals surface area contributed by atoms with E-state index in [2.05, 4.69) is 34.1 Å². The van der Waals surface area contributed by atoms with Gasteiger partial charge in [0.25, 0.3) is 0 Å². The third-order valence-corrected chi connectivity index (χ3v) is 5.12. The van der Waals surface area contributed by atoms with Crippen molar-refractivity contribution in [2.24, 2.45) is 0 Å². The highest BCUT2D eigenvalue weighted by Crippen LogP contribution is 2.28. The van der Waals surface area contributed by atoms with E-state index in [1.165, 1.54) is 12.1 Å². The lowest BCUT2D eigenvalue weighted by molar-refractivity contribution is -0.117. The predicted molar refractivity (Wildman–Crippen MR) is 118 cm³/mol. The number of aliphatic hydroxyl groups is 1. The molecule has 0 saturated heterocycles. The summed E-state index contributed by atoms with van der Waals surface area (Å²) in [5.74, 6) is -0.657. The minimum absolute atomic E-state index is 0.0980. The third-order valence-electron chi connectivity index (χ3n) is 5.12. The van der Waals surface area contributed by atoms with E-state index in [-0.39, 0.29) is 12.5 Å². The number of amides is 1. The van der Waals surface area contributed by atoms with Gasteiger partial charge in [-0.3, -0.25) is 9.69 Å². The van der Waals surface area contributed by atoms with Crippen LogP contribution in [0, 0.1) is 5.82 Å². The molecule has 1 heterocycles. The lowest BCUT2D eigenvalue weighted by Crippen LogP contribution is -2.37. The van der Waals surface area contributed by atoms with E-state index in [4.69, 9.17) is 0 Å². The van der Waals surface area contributed by atoms with Crippen molar-refractivity contribution in [2.75, 3.05) is 25.5 Å². The highest BCUT2D eigenvalue weighted by Gasteiger charge is 2.16. The number of halogens is 1. The smallest absolute Gasteiger partial charge is 0.238 e. The second-order valence-electron chi connectivity index (χ2n) is 7.55. The van der Waals surface area contributed by atoms with Gasteiger partial charge in [-0.25, -0.2) is 4.39 Å². The molecular weight excluding hydrogens is 381 g/mol. The minimum atomic E-state index is -0.656. The number of carbonyl (C=O) groups is 1. The Labute approximate surface area is 174 Å². The molecule has 0 saturated carbocycles. The van der Waals surface area contributed by atoms with Crippen molar-refractivity contribution in [2.45, 2.75) is 12.6 Å². The molecule has 0 aliphatic carbocycles. The molecule has 154 valence electrons.